The van der Waals surface area contributed by atoms with Gasteiger partial charge in [-0.25, -0.2) is 0 Å². The highest BCUT2D eigenvalue weighted by Crippen LogP contribution is 2.01. The van der Waals surface area contributed by atoms with E-state index in [0.29, 0.717) is 6.42 Å². The lowest BCUT2D eigenvalue weighted by molar-refractivity contribution is -0.139. The topological polar surface area (TPSA) is 233 Å². The molecule has 11 heteroatoms. The second kappa shape index (κ2) is 15.3. The van der Waals surface area contributed by atoms with E-state index in [1.165, 1.54) is 0 Å². The van der Waals surface area contributed by atoms with Gasteiger partial charge in [-0.15, -0.1) is 0 Å². The predicted molar refractivity (Wildman–Crippen MR) is 96.5 cm³/mol. The Balaban J connectivity index is 0. The van der Waals surface area contributed by atoms with E-state index >= 15 is 0 Å². The summed E-state index contributed by atoms with van der Waals surface area (Å²) < 4.78 is 0. The lowest BCUT2D eigenvalue weighted by atomic mass is 10.1. The zero-order valence-electron chi connectivity index (χ0n) is 14.7. The van der Waals surface area contributed by atoms with Crippen molar-refractivity contribution in [2.45, 2.75) is 31.3 Å². The summed E-state index contributed by atoms with van der Waals surface area (Å²) in [6, 6.07) is 7.56. The first-order valence-corrected chi connectivity index (χ1v) is 7.72. The average Bonchev–Trinajstić information content (AvgIpc) is 2.61. The van der Waals surface area contributed by atoms with E-state index in [4.69, 9.17) is 32.5 Å². The van der Waals surface area contributed by atoms with E-state index in [2.05, 4.69) is 5.73 Å². The average molecular weight is 386 g/mol. The van der Waals surface area contributed by atoms with Crippen LogP contribution in [0, 0.1) is 0 Å². The van der Waals surface area contributed by atoms with Gasteiger partial charge in [-0.05, 0) is 18.4 Å². The molecule has 0 radical (unpaired) electrons. The summed E-state index contributed by atoms with van der Waals surface area (Å²) in [7, 11) is 0. The Bertz CT molecular complexity index is 596. The molecule has 0 heterocycles. The van der Waals surface area contributed by atoms with Crippen molar-refractivity contribution in [2.75, 3.05) is 6.54 Å². The fraction of sp³-hybridized carbons (Fsp3) is 0.375. The quantitative estimate of drug-likeness (QED) is 0.268. The van der Waals surface area contributed by atoms with Crippen LogP contribution in [-0.2, 0) is 25.6 Å². The summed E-state index contributed by atoms with van der Waals surface area (Å²) in [5, 5.41) is 24.3. The van der Waals surface area contributed by atoms with Gasteiger partial charge < -0.3 is 38.3 Å². The maximum absolute atomic E-state index is 10.4. The monoisotopic (exact) mass is 386 g/mol. The Morgan fingerprint density at radius 2 is 1.33 bits per heavy atom. The van der Waals surface area contributed by atoms with Crippen LogP contribution in [0.4, 0.5) is 0 Å². The van der Waals surface area contributed by atoms with E-state index in [-0.39, 0.29) is 19.4 Å². The standard InChI is InChI=1S/C9H11NO2.C5H10N2O3.C2H5NO2/c10-8(9(11)12)6-7-4-2-1-3-5-7;6-3(5(9)10)1-2-4(7)8;3-1-2(4)5/h1-5,8H,6,10H2,(H,11,12);3H,1-2,6H2,(H2,7,8)(H,9,10);1,3H2,(H,4,5). The molecule has 0 aliphatic rings. The van der Waals surface area contributed by atoms with Crippen molar-refractivity contribution >= 4 is 23.8 Å². The third-order valence-corrected chi connectivity index (χ3v) is 2.81. The van der Waals surface area contributed by atoms with Crippen molar-refractivity contribution in [3.63, 3.8) is 0 Å². The lowest BCUT2D eigenvalue weighted by Gasteiger charge is -2.04. The zero-order chi connectivity index (χ0) is 21.4. The summed E-state index contributed by atoms with van der Waals surface area (Å²) in [6.07, 6.45) is 0.508. The first kappa shape index (κ1) is 26.2. The number of carbonyl (C=O) groups is 4. The largest absolute Gasteiger partial charge is 0.480 e. The number of benzene rings is 1. The summed E-state index contributed by atoms with van der Waals surface area (Å²) >= 11 is 0. The molecule has 152 valence electrons. The molecule has 0 fully saturated rings. The van der Waals surface area contributed by atoms with Crippen LogP contribution in [0.3, 0.4) is 0 Å². The van der Waals surface area contributed by atoms with Gasteiger partial charge in [-0.1, -0.05) is 30.3 Å². The number of rotatable bonds is 8. The molecule has 11 N–H and O–H groups in total. The van der Waals surface area contributed by atoms with Crippen LogP contribution in [0.25, 0.3) is 0 Å². The van der Waals surface area contributed by atoms with Gasteiger partial charge in [0.15, 0.2) is 0 Å². The number of nitrogens with two attached hydrogens (primary N) is 4. The molecule has 1 rings (SSSR count). The van der Waals surface area contributed by atoms with Gasteiger partial charge in [-0.2, -0.15) is 0 Å². The van der Waals surface area contributed by atoms with Gasteiger partial charge in [0, 0.05) is 6.42 Å². The summed E-state index contributed by atoms with van der Waals surface area (Å²) in [6.45, 7) is -0.278. The third-order valence-electron chi connectivity index (χ3n) is 2.81. The lowest BCUT2D eigenvalue weighted by Crippen LogP contribution is -2.32. The minimum atomic E-state index is -1.11. The fourth-order valence-electron chi connectivity index (χ4n) is 1.38. The van der Waals surface area contributed by atoms with Crippen LogP contribution in [0.1, 0.15) is 18.4 Å². The van der Waals surface area contributed by atoms with Crippen molar-refractivity contribution in [2.24, 2.45) is 22.9 Å². The number of carboxylic acids is 3. The number of hydrogen-bond donors (Lipinski definition) is 7. The molecule has 11 nitrogen and oxygen atoms in total. The highest BCUT2D eigenvalue weighted by molar-refractivity contribution is 5.77. The summed E-state index contributed by atoms with van der Waals surface area (Å²) in [5.74, 6) is -3.57. The van der Waals surface area contributed by atoms with Crippen molar-refractivity contribution in [1.82, 2.24) is 0 Å². The minimum Gasteiger partial charge on any atom is -0.480 e. The van der Waals surface area contributed by atoms with Crippen molar-refractivity contribution in [1.29, 1.82) is 0 Å². The number of primary amides is 1. The summed E-state index contributed by atoms with van der Waals surface area (Å²) in [4.78, 5) is 39.8. The Morgan fingerprint density at radius 1 is 0.889 bits per heavy atom. The normalized spacial score (nSPS) is 11.5. The van der Waals surface area contributed by atoms with Gasteiger partial charge >= 0.3 is 17.9 Å². The number of amides is 1. The van der Waals surface area contributed by atoms with Gasteiger partial charge in [0.2, 0.25) is 5.91 Å². The molecule has 27 heavy (non-hydrogen) atoms. The van der Waals surface area contributed by atoms with Crippen molar-refractivity contribution in [3.8, 4) is 0 Å². The van der Waals surface area contributed by atoms with Gasteiger partial charge in [0.05, 0.1) is 6.54 Å². The molecule has 0 aliphatic carbocycles. The Labute approximate surface area is 155 Å². The van der Waals surface area contributed by atoms with Crippen molar-refractivity contribution < 1.29 is 34.5 Å². The molecule has 1 amide bonds. The van der Waals surface area contributed by atoms with E-state index < -0.39 is 35.9 Å². The first-order valence-electron chi connectivity index (χ1n) is 7.72. The fourth-order valence-corrected chi connectivity index (χ4v) is 1.38. The summed E-state index contributed by atoms with van der Waals surface area (Å²) in [5.41, 5.74) is 20.7. The second-order valence-electron chi connectivity index (χ2n) is 5.18. The molecule has 0 saturated heterocycles. The number of carbonyl (C=O) groups excluding carboxylic acids is 1. The van der Waals surface area contributed by atoms with Crippen LogP contribution < -0.4 is 22.9 Å². The van der Waals surface area contributed by atoms with E-state index in [9.17, 15) is 19.2 Å². The van der Waals surface area contributed by atoms with Crippen LogP contribution in [-0.4, -0.2) is 57.8 Å². The smallest absolute Gasteiger partial charge is 0.320 e. The Kier molecular flexibility index (Phi) is 14.8. The number of aliphatic carboxylic acids is 3. The highest BCUT2D eigenvalue weighted by Gasteiger charge is 2.11. The molecule has 0 aliphatic heterocycles. The number of hydrogen-bond acceptors (Lipinski definition) is 7. The van der Waals surface area contributed by atoms with Gasteiger partial charge in [0.25, 0.3) is 0 Å². The SMILES string of the molecule is NC(=O)CCC(N)C(=O)O.NC(Cc1ccccc1)C(=O)O.NCC(=O)O. The van der Waals surface area contributed by atoms with Crippen LogP contribution in [0.2, 0.25) is 0 Å². The molecule has 1 aromatic rings. The predicted octanol–water partition coefficient (Wildman–Crippen LogP) is -1.67. The van der Waals surface area contributed by atoms with Gasteiger partial charge in [-0.3, -0.25) is 19.2 Å². The minimum absolute atomic E-state index is 0.0213. The van der Waals surface area contributed by atoms with Crippen LogP contribution in [0.15, 0.2) is 30.3 Å². The van der Waals surface area contributed by atoms with Crippen LogP contribution >= 0.6 is 0 Å². The Hall–Kier alpha value is -3.02. The van der Waals surface area contributed by atoms with E-state index in [1.54, 1.807) is 0 Å². The van der Waals surface area contributed by atoms with E-state index in [0.717, 1.165) is 5.56 Å². The van der Waals surface area contributed by atoms with Crippen molar-refractivity contribution in [3.05, 3.63) is 35.9 Å². The maximum Gasteiger partial charge on any atom is 0.320 e. The molecule has 0 bridgehead atoms. The molecule has 0 saturated carbocycles. The zero-order valence-corrected chi connectivity index (χ0v) is 14.7. The second-order valence-corrected chi connectivity index (χ2v) is 5.18. The molecular formula is C16H26N4O7. The van der Waals surface area contributed by atoms with E-state index in [1.807, 2.05) is 30.3 Å². The first-order chi connectivity index (χ1) is 12.5. The van der Waals surface area contributed by atoms with Gasteiger partial charge in [0.1, 0.15) is 12.1 Å². The molecule has 0 aromatic heterocycles. The Morgan fingerprint density at radius 3 is 1.67 bits per heavy atom. The molecular weight excluding hydrogens is 360 g/mol. The maximum atomic E-state index is 10.4. The number of carboxylic acid groups (broad SMARTS) is 3. The molecule has 2 unspecified atom stereocenters. The van der Waals surface area contributed by atoms with Crippen LogP contribution in [0.5, 0.6) is 0 Å². The molecule has 0 spiro atoms. The molecule has 2 atom stereocenters. The third kappa shape index (κ3) is 17.6. The highest BCUT2D eigenvalue weighted by atomic mass is 16.4. The molecule has 1 aromatic carbocycles.